The Morgan fingerprint density at radius 1 is 1.09 bits per heavy atom. The van der Waals surface area contributed by atoms with Crippen LogP contribution in [0.15, 0.2) is 30.5 Å². The van der Waals surface area contributed by atoms with Gasteiger partial charge >= 0.3 is 0 Å². The zero-order chi connectivity index (χ0) is 15.6. The fourth-order valence-electron chi connectivity index (χ4n) is 4.05. The lowest BCUT2D eigenvalue weighted by Gasteiger charge is -2.35. The predicted octanol–water partition coefficient (Wildman–Crippen LogP) is 3.30. The second kappa shape index (κ2) is 6.36. The largest absolute Gasteiger partial charge is 0.381 e. The van der Waals surface area contributed by atoms with Crippen LogP contribution in [0, 0.1) is 5.92 Å². The van der Waals surface area contributed by atoms with Crippen molar-refractivity contribution in [2.75, 3.05) is 26.3 Å². The van der Waals surface area contributed by atoms with E-state index in [-0.39, 0.29) is 5.92 Å². The Bertz CT molecular complexity index is 679. The number of nitrogens with zero attached hydrogens (tertiary/aromatic N) is 1. The molecule has 0 atom stereocenters. The van der Waals surface area contributed by atoms with Crippen LogP contribution in [0.5, 0.6) is 0 Å². The molecule has 2 aliphatic heterocycles. The maximum atomic E-state index is 12.6. The quantitative estimate of drug-likeness (QED) is 0.925. The van der Waals surface area contributed by atoms with Crippen molar-refractivity contribution in [3.8, 4) is 0 Å². The Balaban J connectivity index is 1.41. The van der Waals surface area contributed by atoms with Crippen molar-refractivity contribution in [1.82, 2.24) is 9.88 Å². The third-order valence-electron chi connectivity index (χ3n) is 5.44. The fraction of sp³-hybridized carbons (Fsp3) is 0.526. The lowest BCUT2D eigenvalue weighted by Crippen LogP contribution is -2.42. The van der Waals surface area contributed by atoms with Crippen LogP contribution in [0.3, 0.4) is 0 Å². The fourth-order valence-corrected chi connectivity index (χ4v) is 4.05. The summed E-state index contributed by atoms with van der Waals surface area (Å²) < 4.78 is 5.37. The number of nitrogens with one attached hydrogen (secondary N) is 1. The lowest BCUT2D eigenvalue weighted by molar-refractivity contribution is -0.139. The Morgan fingerprint density at radius 3 is 2.61 bits per heavy atom. The number of para-hydroxylation sites is 1. The zero-order valence-electron chi connectivity index (χ0n) is 13.5. The molecule has 2 aromatic rings. The summed E-state index contributed by atoms with van der Waals surface area (Å²) in [7, 11) is 0. The molecular formula is C19H24N2O2. The van der Waals surface area contributed by atoms with E-state index in [0.717, 1.165) is 52.0 Å². The summed E-state index contributed by atoms with van der Waals surface area (Å²) >= 11 is 0. The van der Waals surface area contributed by atoms with Gasteiger partial charge in [0, 0.05) is 49.3 Å². The van der Waals surface area contributed by atoms with E-state index in [1.165, 1.54) is 16.5 Å². The monoisotopic (exact) mass is 312 g/mol. The first-order chi connectivity index (χ1) is 11.3. The number of H-pyrrole nitrogens is 1. The van der Waals surface area contributed by atoms with Crippen molar-refractivity contribution in [3.63, 3.8) is 0 Å². The molecule has 4 rings (SSSR count). The second-order valence-electron chi connectivity index (χ2n) is 6.78. The van der Waals surface area contributed by atoms with Gasteiger partial charge in [-0.15, -0.1) is 0 Å². The minimum Gasteiger partial charge on any atom is -0.381 e. The molecule has 0 bridgehead atoms. The molecule has 0 aliphatic carbocycles. The van der Waals surface area contributed by atoms with Crippen molar-refractivity contribution in [2.24, 2.45) is 5.92 Å². The van der Waals surface area contributed by atoms with Crippen LogP contribution in [0.1, 0.15) is 37.2 Å². The smallest absolute Gasteiger partial charge is 0.225 e. The number of hydrogen-bond acceptors (Lipinski definition) is 2. The lowest BCUT2D eigenvalue weighted by atomic mass is 9.88. The maximum Gasteiger partial charge on any atom is 0.225 e. The molecule has 122 valence electrons. The average molecular weight is 312 g/mol. The molecule has 2 aliphatic rings. The van der Waals surface area contributed by atoms with Gasteiger partial charge in [0.25, 0.3) is 0 Å². The number of aromatic nitrogens is 1. The van der Waals surface area contributed by atoms with Gasteiger partial charge in [-0.3, -0.25) is 4.79 Å². The van der Waals surface area contributed by atoms with Crippen molar-refractivity contribution >= 4 is 16.8 Å². The van der Waals surface area contributed by atoms with E-state index >= 15 is 0 Å². The van der Waals surface area contributed by atoms with Gasteiger partial charge in [-0.2, -0.15) is 0 Å². The predicted molar refractivity (Wildman–Crippen MR) is 90.4 cm³/mol. The van der Waals surface area contributed by atoms with E-state index in [1.54, 1.807) is 0 Å². The second-order valence-corrected chi connectivity index (χ2v) is 6.78. The van der Waals surface area contributed by atoms with Gasteiger partial charge in [0.1, 0.15) is 0 Å². The number of ether oxygens (including phenoxy) is 1. The Labute approximate surface area is 136 Å². The summed E-state index contributed by atoms with van der Waals surface area (Å²) in [5.41, 5.74) is 2.63. The van der Waals surface area contributed by atoms with Crippen molar-refractivity contribution in [1.29, 1.82) is 0 Å². The first kappa shape index (κ1) is 14.8. The molecule has 0 spiro atoms. The van der Waals surface area contributed by atoms with Crippen molar-refractivity contribution < 1.29 is 9.53 Å². The number of piperidine rings is 1. The van der Waals surface area contributed by atoms with E-state index in [9.17, 15) is 4.79 Å². The molecule has 2 saturated heterocycles. The minimum absolute atomic E-state index is 0.188. The van der Waals surface area contributed by atoms with Crippen LogP contribution in [0.25, 0.3) is 10.9 Å². The number of rotatable bonds is 2. The van der Waals surface area contributed by atoms with Gasteiger partial charge in [0.15, 0.2) is 0 Å². The third kappa shape index (κ3) is 2.88. The highest BCUT2D eigenvalue weighted by atomic mass is 16.5. The minimum atomic E-state index is 0.188. The summed E-state index contributed by atoms with van der Waals surface area (Å²) in [5.74, 6) is 1.10. The van der Waals surface area contributed by atoms with Crippen LogP contribution in [0.2, 0.25) is 0 Å². The van der Waals surface area contributed by atoms with Gasteiger partial charge in [-0.1, -0.05) is 18.2 Å². The van der Waals surface area contributed by atoms with E-state index in [4.69, 9.17) is 4.74 Å². The van der Waals surface area contributed by atoms with Gasteiger partial charge < -0.3 is 14.6 Å². The van der Waals surface area contributed by atoms with Crippen molar-refractivity contribution in [3.05, 3.63) is 36.0 Å². The standard InChI is InChI=1S/C19H24N2O2/c22-19(15-7-11-23-12-8-15)21-9-5-14(6-10-21)17-13-20-18-4-2-1-3-16(17)18/h1-4,13-15,20H,5-12H2. The SMILES string of the molecule is O=C(C1CCOCC1)N1CCC(c2c[nH]c3ccccc23)CC1. The van der Waals surface area contributed by atoms with E-state index in [0.29, 0.717) is 11.8 Å². The molecule has 0 radical (unpaired) electrons. The van der Waals surface area contributed by atoms with Crippen LogP contribution in [-0.4, -0.2) is 42.1 Å². The highest BCUT2D eigenvalue weighted by molar-refractivity contribution is 5.83. The number of carbonyl (C=O) groups is 1. The summed E-state index contributed by atoms with van der Waals surface area (Å²) in [5, 5.41) is 1.33. The Kier molecular flexibility index (Phi) is 4.08. The third-order valence-corrected chi connectivity index (χ3v) is 5.44. The molecule has 23 heavy (non-hydrogen) atoms. The first-order valence-electron chi connectivity index (χ1n) is 8.75. The maximum absolute atomic E-state index is 12.6. The summed E-state index contributed by atoms with van der Waals surface area (Å²) in [4.78, 5) is 18.1. The molecular weight excluding hydrogens is 288 g/mol. The van der Waals surface area contributed by atoms with Crippen molar-refractivity contribution in [2.45, 2.75) is 31.6 Å². The number of benzene rings is 1. The molecule has 0 saturated carbocycles. The Hall–Kier alpha value is -1.81. The number of hydrogen-bond donors (Lipinski definition) is 1. The van der Waals surface area contributed by atoms with Crippen LogP contribution < -0.4 is 0 Å². The van der Waals surface area contributed by atoms with Crippen LogP contribution in [0.4, 0.5) is 0 Å². The summed E-state index contributed by atoms with van der Waals surface area (Å²) in [6.07, 6.45) is 6.07. The molecule has 3 heterocycles. The number of carbonyl (C=O) groups excluding carboxylic acids is 1. The summed E-state index contributed by atoms with van der Waals surface area (Å²) in [6, 6.07) is 8.49. The molecule has 1 N–H and O–H groups in total. The van der Waals surface area contributed by atoms with Gasteiger partial charge in [0.2, 0.25) is 5.91 Å². The van der Waals surface area contributed by atoms with E-state index in [2.05, 4.69) is 40.3 Å². The highest BCUT2D eigenvalue weighted by Crippen LogP contribution is 2.33. The average Bonchev–Trinajstić information content (AvgIpc) is 3.06. The number of amides is 1. The number of likely N-dealkylation sites (tertiary alicyclic amines) is 1. The molecule has 1 amide bonds. The van der Waals surface area contributed by atoms with Gasteiger partial charge in [0.05, 0.1) is 0 Å². The van der Waals surface area contributed by atoms with Crippen LogP contribution >= 0.6 is 0 Å². The van der Waals surface area contributed by atoms with E-state index < -0.39 is 0 Å². The number of aromatic amines is 1. The molecule has 4 nitrogen and oxygen atoms in total. The Morgan fingerprint density at radius 2 is 1.83 bits per heavy atom. The topological polar surface area (TPSA) is 45.3 Å². The first-order valence-corrected chi connectivity index (χ1v) is 8.75. The van der Waals surface area contributed by atoms with Gasteiger partial charge in [-0.05, 0) is 43.2 Å². The normalized spacial score (nSPS) is 21.0. The van der Waals surface area contributed by atoms with Crippen LogP contribution in [-0.2, 0) is 9.53 Å². The summed E-state index contributed by atoms with van der Waals surface area (Å²) in [6.45, 7) is 3.26. The van der Waals surface area contributed by atoms with E-state index in [1.807, 2.05) is 0 Å². The number of fused-ring (bicyclic) bond motifs is 1. The molecule has 1 aromatic carbocycles. The highest BCUT2D eigenvalue weighted by Gasteiger charge is 2.30. The molecule has 2 fully saturated rings. The van der Waals surface area contributed by atoms with Gasteiger partial charge in [-0.25, -0.2) is 0 Å². The molecule has 0 unspecified atom stereocenters. The zero-order valence-corrected chi connectivity index (χ0v) is 13.5. The molecule has 1 aromatic heterocycles. The molecule has 4 heteroatoms.